The highest BCUT2D eigenvalue weighted by Crippen LogP contribution is 2.31. The molecule has 2 heterocycles. The molecule has 0 aliphatic rings. The molecule has 2 aromatic heterocycles. The Balaban J connectivity index is 1.54. The summed E-state index contributed by atoms with van der Waals surface area (Å²) in [7, 11) is 1.42. The zero-order valence-electron chi connectivity index (χ0n) is 19.3. The minimum absolute atomic E-state index is 0.0128. The monoisotopic (exact) mass is 508 g/mol. The van der Waals surface area contributed by atoms with Gasteiger partial charge in [-0.3, -0.25) is 9.59 Å². The number of nitrogens with one attached hydrogen (secondary N) is 3. The number of likely N-dealkylation sites (N-methyl/N-ethyl adjacent to an activating group) is 1. The van der Waals surface area contributed by atoms with Gasteiger partial charge in [0.2, 0.25) is 11.9 Å². The number of amides is 2. The van der Waals surface area contributed by atoms with Crippen LogP contribution in [0, 0.1) is 17.1 Å². The first-order valence-electron chi connectivity index (χ1n) is 10.7. The quantitative estimate of drug-likeness (QED) is 0.279. The smallest absolute Gasteiger partial charge is 0.252 e. The van der Waals surface area contributed by atoms with Crippen molar-refractivity contribution in [2.24, 2.45) is 0 Å². The lowest BCUT2D eigenvalue weighted by Gasteiger charge is -2.18. The number of carbonyl (C=O) groups is 2. The average Bonchev–Trinajstić information content (AvgIpc) is 2.89. The van der Waals surface area contributed by atoms with Gasteiger partial charge in [-0.2, -0.15) is 10.2 Å². The SMILES string of the molecule is C=CC(=O)N(C)c1cc(Nc2ccnc(NCCCNC(=O)c3ccc(C#N)nc3)n2)cc(Cl)c1F. The summed E-state index contributed by atoms with van der Waals surface area (Å²) in [6.07, 6.45) is 4.56. The summed E-state index contributed by atoms with van der Waals surface area (Å²) in [5.74, 6) is -0.740. The Morgan fingerprint density at radius 3 is 2.75 bits per heavy atom. The molecule has 2 amide bonds. The van der Waals surface area contributed by atoms with E-state index >= 15 is 0 Å². The van der Waals surface area contributed by atoms with Crippen LogP contribution in [0.5, 0.6) is 0 Å². The third kappa shape index (κ3) is 6.74. The van der Waals surface area contributed by atoms with Gasteiger partial charge < -0.3 is 20.9 Å². The number of hydrogen-bond acceptors (Lipinski definition) is 8. The molecule has 0 bridgehead atoms. The zero-order valence-corrected chi connectivity index (χ0v) is 20.0. The van der Waals surface area contributed by atoms with Gasteiger partial charge in [0.05, 0.1) is 16.3 Å². The first kappa shape index (κ1) is 26.1. The number of anilines is 4. The summed E-state index contributed by atoms with van der Waals surface area (Å²) in [5, 5.41) is 17.4. The third-order valence-corrected chi connectivity index (χ3v) is 5.14. The Kier molecular flexibility index (Phi) is 8.85. The molecule has 0 spiro atoms. The van der Waals surface area contributed by atoms with E-state index in [1.807, 2.05) is 6.07 Å². The largest absolute Gasteiger partial charge is 0.354 e. The molecule has 0 saturated carbocycles. The number of nitrogens with zero attached hydrogens (tertiary/aromatic N) is 5. The number of carbonyl (C=O) groups excluding carboxylic acids is 2. The third-order valence-electron chi connectivity index (χ3n) is 4.87. The fourth-order valence-electron chi connectivity index (χ4n) is 2.99. The van der Waals surface area contributed by atoms with Crippen LogP contribution in [0.15, 0.2) is 55.4 Å². The number of benzene rings is 1. The predicted molar refractivity (Wildman–Crippen MR) is 135 cm³/mol. The highest BCUT2D eigenvalue weighted by atomic mass is 35.5. The van der Waals surface area contributed by atoms with Crippen LogP contribution < -0.4 is 20.9 Å². The van der Waals surface area contributed by atoms with E-state index in [-0.39, 0.29) is 22.3 Å². The fourth-order valence-corrected chi connectivity index (χ4v) is 3.21. The molecule has 3 N–H and O–H groups in total. The Morgan fingerprint density at radius 2 is 2.06 bits per heavy atom. The summed E-state index contributed by atoms with van der Waals surface area (Å²) in [6, 6.07) is 9.35. The molecule has 0 radical (unpaired) electrons. The molecule has 0 aliphatic carbocycles. The maximum absolute atomic E-state index is 14.4. The summed E-state index contributed by atoms with van der Waals surface area (Å²) in [6.45, 7) is 4.29. The van der Waals surface area contributed by atoms with Crippen molar-refractivity contribution in [3.8, 4) is 6.07 Å². The van der Waals surface area contributed by atoms with E-state index in [0.29, 0.717) is 42.5 Å². The van der Waals surface area contributed by atoms with Crippen LogP contribution in [0.2, 0.25) is 5.02 Å². The lowest BCUT2D eigenvalue weighted by atomic mass is 10.2. The van der Waals surface area contributed by atoms with Crippen LogP contribution in [-0.4, -0.2) is 46.9 Å². The molecule has 3 rings (SSSR count). The van der Waals surface area contributed by atoms with Gasteiger partial charge in [0, 0.05) is 38.2 Å². The van der Waals surface area contributed by atoms with Crippen molar-refractivity contribution in [3.05, 3.63) is 77.5 Å². The highest BCUT2D eigenvalue weighted by molar-refractivity contribution is 6.31. The van der Waals surface area contributed by atoms with Gasteiger partial charge in [-0.1, -0.05) is 18.2 Å². The number of nitriles is 1. The minimum atomic E-state index is -0.729. The van der Waals surface area contributed by atoms with E-state index in [2.05, 4.69) is 37.5 Å². The summed E-state index contributed by atoms with van der Waals surface area (Å²) in [4.78, 5) is 37.5. The zero-order chi connectivity index (χ0) is 26.1. The number of pyridine rings is 1. The first-order chi connectivity index (χ1) is 17.3. The normalized spacial score (nSPS) is 10.2. The molecule has 3 aromatic rings. The van der Waals surface area contributed by atoms with E-state index in [0.717, 1.165) is 11.0 Å². The van der Waals surface area contributed by atoms with Crippen molar-refractivity contribution in [2.75, 3.05) is 35.7 Å². The van der Waals surface area contributed by atoms with E-state index in [1.165, 1.54) is 43.7 Å². The minimum Gasteiger partial charge on any atom is -0.354 e. The van der Waals surface area contributed by atoms with Gasteiger partial charge in [0.1, 0.15) is 17.6 Å². The second-order valence-electron chi connectivity index (χ2n) is 7.36. The van der Waals surface area contributed by atoms with Crippen molar-refractivity contribution >= 4 is 46.6 Å². The molecule has 184 valence electrons. The molecule has 12 heteroatoms. The van der Waals surface area contributed by atoms with Crippen LogP contribution in [0.4, 0.5) is 27.5 Å². The van der Waals surface area contributed by atoms with Gasteiger partial charge in [0.15, 0.2) is 5.82 Å². The summed E-state index contributed by atoms with van der Waals surface area (Å²) in [5.41, 5.74) is 1.02. The van der Waals surface area contributed by atoms with E-state index in [1.54, 1.807) is 6.07 Å². The highest BCUT2D eigenvalue weighted by Gasteiger charge is 2.17. The Labute approximate surface area is 211 Å². The molecule has 0 aliphatic heterocycles. The lowest BCUT2D eigenvalue weighted by Crippen LogP contribution is -2.26. The van der Waals surface area contributed by atoms with Gasteiger partial charge >= 0.3 is 0 Å². The van der Waals surface area contributed by atoms with Crippen molar-refractivity contribution in [3.63, 3.8) is 0 Å². The van der Waals surface area contributed by atoms with Crippen molar-refractivity contribution in [1.82, 2.24) is 20.3 Å². The Morgan fingerprint density at radius 1 is 1.25 bits per heavy atom. The maximum atomic E-state index is 14.4. The van der Waals surface area contributed by atoms with Gasteiger partial charge in [-0.15, -0.1) is 0 Å². The molecule has 0 atom stereocenters. The molecular formula is C24H22ClFN8O2. The average molecular weight is 509 g/mol. The molecule has 0 fully saturated rings. The lowest BCUT2D eigenvalue weighted by molar-refractivity contribution is -0.113. The standard InChI is InChI=1S/C24H22ClFN8O2/c1-3-21(35)34(2)19-12-17(11-18(25)22(19)26)32-20-7-10-30-24(33-20)29-9-4-8-28-23(36)15-5-6-16(13-27)31-14-15/h3,5-7,10-12,14H,1,4,8-9H2,2H3,(H,28,36)(H2,29,30,32,33). The van der Waals surface area contributed by atoms with Crippen molar-refractivity contribution in [1.29, 1.82) is 5.26 Å². The fraction of sp³-hybridized carbons (Fsp3) is 0.167. The molecular weight excluding hydrogens is 487 g/mol. The van der Waals surface area contributed by atoms with Gasteiger partial charge in [-0.25, -0.2) is 14.4 Å². The van der Waals surface area contributed by atoms with Crippen molar-refractivity contribution < 1.29 is 14.0 Å². The first-order valence-corrected chi connectivity index (χ1v) is 11.1. The number of aromatic nitrogens is 3. The molecule has 1 aromatic carbocycles. The Hall–Kier alpha value is -4.56. The topological polar surface area (TPSA) is 136 Å². The van der Waals surface area contributed by atoms with E-state index < -0.39 is 11.7 Å². The van der Waals surface area contributed by atoms with Gasteiger partial charge in [0.25, 0.3) is 5.91 Å². The predicted octanol–water partition coefficient (Wildman–Crippen LogP) is 3.66. The number of rotatable bonds is 10. The van der Waals surface area contributed by atoms with Gasteiger partial charge in [-0.05, 0) is 42.8 Å². The van der Waals surface area contributed by atoms with E-state index in [4.69, 9.17) is 16.9 Å². The molecule has 0 saturated heterocycles. The Bertz CT molecular complexity index is 1310. The molecule has 0 unspecified atom stereocenters. The second-order valence-corrected chi connectivity index (χ2v) is 7.77. The van der Waals surface area contributed by atoms with Crippen LogP contribution in [0.25, 0.3) is 0 Å². The molecule has 10 nitrogen and oxygen atoms in total. The van der Waals surface area contributed by atoms with Crippen LogP contribution in [-0.2, 0) is 4.79 Å². The maximum Gasteiger partial charge on any atom is 0.252 e. The van der Waals surface area contributed by atoms with Crippen LogP contribution >= 0.6 is 11.6 Å². The summed E-state index contributed by atoms with van der Waals surface area (Å²) < 4.78 is 14.4. The van der Waals surface area contributed by atoms with E-state index in [9.17, 15) is 14.0 Å². The van der Waals surface area contributed by atoms with Crippen LogP contribution in [0.1, 0.15) is 22.5 Å². The molecule has 36 heavy (non-hydrogen) atoms. The number of halogens is 2. The van der Waals surface area contributed by atoms with Crippen LogP contribution in [0.3, 0.4) is 0 Å². The second kappa shape index (κ2) is 12.2. The summed E-state index contributed by atoms with van der Waals surface area (Å²) >= 11 is 6.01. The number of hydrogen-bond donors (Lipinski definition) is 3. The van der Waals surface area contributed by atoms with Crippen molar-refractivity contribution in [2.45, 2.75) is 6.42 Å².